The largest absolute Gasteiger partial charge is 0.375 e. The maximum Gasteiger partial charge on any atom is 0.0730 e. The smallest absolute Gasteiger partial charge is 0.0730 e. The molecule has 1 aliphatic carbocycles. The number of fused-ring (bicyclic) bond motifs is 1. The third kappa shape index (κ3) is 3.91. The lowest BCUT2D eigenvalue weighted by Gasteiger charge is -2.37. The Morgan fingerprint density at radius 3 is 3.00 bits per heavy atom. The molecule has 0 aromatic rings. The van der Waals surface area contributed by atoms with Gasteiger partial charge in [0.05, 0.1) is 12.7 Å². The lowest BCUT2D eigenvalue weighted by Crippen LogP contribution is -2.50. The summed E-state index contributed by atoms with van der Waals surface area (Å²) in [4.78, 5) is 4.85. The minimum absolute atomic E-state index is 0.533. The van der Waals surface area contributed by atoms with Crippen molar-refractivity contribution < 1.29 is 4.74 Å². The number of ether oxygens (including phenoxy) is 1. The standard InChI is InChI=1S/C13H27N3O/c1-15(2)8-6-14-7-9-16-10-11-17-13-5-3-4-12(13)16/h12-14H,3-11H2,1-2H3. The van der Waals surface area contributed by atoms with Gasteiger partial charge in [0.1, 0.15) is 0 Å². The summed E-state index contributed by atoms with van der Waals surface area (Å²) in [7, 11) is 4.24. The van der Waals surface area contributed by atoms with Gasteiger partial charge in [0.15, 0.2) is 0 Å². The van der Waals surface area contributed by atoms with Crippen molar-refractivity contribution >= 4 is 0 Å². The lowest BCUT2D eigenvalue weighted by molar-refractivity contribution is -0.0548. The summed E-state index contributed by atoms with van der Waals surface area (Å²) >= 11 is 0. The minimum atomic E-state index is 0.533. The van der Waals surface area contributed by atoms with Gasteiger partial charge in [0, 0.05) is 38.8 Å². The quantitative estimate of drug-likeness (QED) is 0.681. The molecule has 2 aliphatic rings. The predicted molar refractivity (Wildman–Crippen MR) is 70.4 cm³/mol. The van der Waals surface area contributed by atoms with Crippen molar-refractivity contribution in [3.63, 3.8) is 0 Å². The number of morpholine rings is 1. The number of rotatable bonds is 6. The number of nitrogens with zero attached hydrogens (tertiary/aromatic N) is 2. The maximum atomic E-state index is 5.82. The number of nitrogens with one attached hydrogen (secondary N) is 1. The molecule has 1 aliphatic heterocycles. The van der Waals surface area contributed by atoms with Crippen molar-refractivity contribution in [2.24, 2.45) is 0 Å². The second kappa shape index (κ2) is 6.69. The van der Waals surface area contributed by atoms with Crippen LogP contribution in [-0.2, 0) is 4.74 Å². The topological polar surface area (TPSA) is 27.7 Å². The van der Waals surface area contributed by atoms with Crippen LogP contribution in [-0.4, -0.2) is 75.4 Å². The third-order valence-corrected chi connectivity index (χ3v) is 3.91. The van der Waals surface area contributed by atoms with Crippen LogP contribution in [0.1, 0.15) is 19.3 Å². The molecule has 100 valence electrons. The Morgan fingerprint density at radius 2 is 2.18 bits per heavy atom. The van der Waals surface area contributed by atoms with Gasteiger partial charge < -0.3 is 15.0 Å². The van der Waals surface area contributed by atoms with Crippen molar-refractivity contribution in [2.45, 2.75) is 31.4 Å². The molecule has 1 heterocycles. The highest BCUT2D eigenvalue weighted by atomic mass is 16.5. The Bertz CT molecular complexity index is 223. The van der Waals surface area contributed by atoms with Gasteiger partial charge in [0.2, 0.25) is 0 Å². The van der Waals surface area contributed by atoms with E-state index >= 15 is 0 Å². The lowest BCUT2D eigenvalue weighted by atomic mass is 10.1. The molecular formula is C13H27N3O. The first-order chi connectivity index (χ1) is 8.27. The molecule has 1 saturated heterocycles. The average molecular weight is 241 g/mol. The zero-order valence-electron chi connectivity index (χ0n) is 11.3. The molecule has 2 unspecified atom stereocenters. The normalized spacial score (nSPS) is 29.8. The Morgan fingerprint density at radius 1 is 1.29 bits per heavy atom. The van der Waals surface area contributed by atoms with Crippen LogP contribution in [0.25, 0.3) is 0 Å². The first-order valence-corrected chi connectivity index (χ1v) is 6.98. The minimum Gasteiger partial charge on any atom is -0.375 e. The molecule has 0 amide bonds. The Balaban J connectivity index is 1.61. The van der Waals surface area contributed by atoms with Crippen molar-refractivity contribution in [1.82, 2.24) is 15.1 Å². The number of likely N-dealkylation sites (N-methyl/N-ethyl adjacent to an activating group) is 1. The van der Waals surface area contributed by atoms with Gasteiger partial charge in [-0.15, -0.1) is 0 Å². The molecule has 0 aromatic carbocycles. The van der Waals surface area contributed by atoms with Gasteiger partial charge in [-0.2, -0.15) is 0 Å². The van der Waals surface area contributed by atoms with E-state index in [-0.39, 0.29) is 0 Å². The zero-order valence-corrected chi connectivity index (χ0v) is 11.3. The summed E-state index contributed by atoms with van der Waals surface area (Å²) in [5, 5.41) is 3.52. The zero-order chi connectivity index (χ0) is 12.1. The van der Waals surface area contributed by atoms with Gasteiger partial charge in [-0.3, -0.25) is 4.90 Å². The van der Waals surface area contributed by atoms with Crippen molar-refractivity contribution in [3.05, 3.63) is 0 Å². The summed E-state index contributed by atoms with van der Waals surface area (Å²) < 4.78 is 5.82. The Kier molecular flexibility index (Phi) is 5.22. The monoisotopic (exact) mass is 241 g/mol. The summed E-state index contributed by atoms with van der Waals surface area (Å²) in [6, 6.07) is 0.708. The fraction of sp³-hybridized carbons (Fsp3) is 1.00. The first kappa shape index (κ1) is 13.3. The van der Waals surface area contributed by atoms with Crippen LogP contribution in [0.5, 0.6) is 0 Å². The highest BCUT2D eigenvalue weighted by Crippen LogP contribution is 2.29. The fourth-order valence-electron chi connectivity index (χ4n) is 2.93. The molecule has 1 N–H and O–H groups in total. The molecule has 2 atom stereocenters. The van der Waals surface area contributed by atoms with Crippen molar-refractivity contribution in [1.29, 1.82) is 0 Å². The molecule has 0 spiro atoms. The molecule has 2 rings (SSSR count). The van der Waals surface area contributed by atoms with Crippen LogP contribution < -0.4 is 5.32 Å². The molecule has 0 bridgehead atoms. The van der Waals surface area contributed by atoms with E-state index in [2.05, 4.69) is 29.2 Å². The second-order valence-corrected chi connectivity index (χ2v) is 5.50. The molecule has 0 radical (unpaired) electrons. The van der Waals surface area contributed by atoms with Gasteiger partial charge >= 0.3 is 0 Å². The molecule has 1 saturated carbocycles. The SMILES string of the molecule is CN(C)CCNCCN1CCOC2CCCC21. The van der Waals surface area contributed by atoms with Gasteiger partial charge in [-0.05, 0) is 33.4 Å². The molecule has 4 heteroatoms. The molecule has 0 aromatic heterocycles. The van der Waals surface area contributed by atoms with E-state index in [0.29, 0.717) is 12.1 Å². The van der Waals surface area contributed by atoms with E-state index < -0.39 is 0 Å². The van der Waals surface area contributed by atoms with Crippen LogP contribution >= 0.6 is 0 Å². The van der Waals surface area contributed by atoms with Gasteiger partial charge in [-0.25, -0.2) is 0 Å². The van der Waals surface area contributed by atoms with E-state index in [9.17, 15) is 0 Å². The van der Waals surface area contributed by atoms with Crippen LogP contribution in [0.3, 0.4) is 0 Å². The first-order valence-electron chi connectivity index (χ1n) is 6.98. The number of hydrogen-bond donors (Lipinski definition) is 1. The predicted octanol–water partition coefficient (Wildman–Crippen LogP) is 0.391. The molecule has 2 fully saturated rings. The highest BCUT2D eigenvalue weighted by molar-refractivity contribution is 4.89. The fourth-order valence-corrected chi connectivity index (χ4v) is 2.93. The van der Waals surface area contributed by atoms with E-state index in [4.69, 9.17) is 4.74 Å². The van der Waals surface area contributed by atoms with E-state index in [1.54, 1.807) is 0 Å². The molecule has 4 nitrogen and oxygen atoms in total. The van der Waals surface area contributed by atoms with Crippen LogP contribution in [0.15, 0.2) is 0 Å². The molecule has 17 heavy (non-hydrogen) atoms. The van der Waals surface area contributed by atoms with Gasteiger partial charge in [-0.1, -0.05) is 0 Å². The molecular weight excluding hydrogens is 214 g/mol. The number of hydrogen-bond acceptors (Lipinski definition) is 4. The van der Waals surface area contributed by atoms with Crippen molar-refractivity contribution in [2.75, 3.05) is 53.4 Å². The van der Waals surface area contributed by atoms with Crippen LogP contribution in [0.4, 0.5) is 0 Å². The van der Waals surface area contributed by atoms with E-state index in [1.807, 2.05) is 0 Å². The summed E-state index contributed by atoms with van der Waals surface area (Å²) in [6.45, 7) is 6.55. The summed E-state index contributed by atoms with van der Waals surface area (Å²) in [5.41, 5.74) is 0. The maximum absolute atomic E-state index is 5.82. The van der Waals surface area contributed by atoms with Crippen molar-refractivity contribution in [3.8, 4) is 0 Å². The Labute approximate surface area is 105 Å². The van der Waals surface area contributed by atoms with E-state index in [0.717, 1.165) is 32.8 Å². The second-order valence-electron chi connectivity index (χ2n) is 5.50. The average Bonchev–Trinajstić information content (AvgIpc) is 2.77. The van der Waals surface area contributed by atoms with Crippen LogP contribution in [0, 0.1) is 0 Å². The van der Waals surface area contributed by atoms with Gasteiger partial charge in [0.25, 0.3) is 0 Å². The highest BCUT2D eigenvalue weighted by Gasteiger charge is 2.35. The summed E-state index contributed by atoms with van der Waals surface area (Å²) in [5.74, 6) is 0. The van der Waals surface area contributed by atoms with Crippen LogP contribution in [0.2, 0.25) is 0 Å². The Hall–Kier alpha value is -0.160. The van der Waals surface area contributed by atoms with E-state index in [1.165, 1.54) is 25.8 Å². The summed E-state index contributed by atoms with van der Waals surface area (Å²) in [6.07, 6.45) is 4.49. The third-order valence-electron chi connectivity index (χ3n) is 3.91.